The van der Waals surface area contributed by atoms with Crippen molar-refractivity contribution in [3.05, 3.63) is 0 Å². The van der Waals surface area contributed by atoms with Crippen LogP contribution in [0.4, 0.5) is 4.79 Å². The molecule has 1 heterocycles. The third kappa shape index (κ3) is 4.20. The van der Waals surface area contributed by atoms with Gasteiger partial charge in [-0.2, -0.15) is 0 Å². The lowest BCUT2D eigenvalue weighted by molar-refractivity contribution is -0.308. The molecule has 0 unspecified atom stereocenters. The van der Waals surface area contributed by atoms with E-state index in [2.05, 4.69) is 5.32 Å². The molecule has 0 radical (unpaired) electrons. The first kappa shape index (κ1) is 14.8. The van der Waals surface area contributed by atoms with E-state index >= 15 is 0 Å². The first-order chi connectivity index (χ1) is 8.41. The van der Waals surface area contributed by atoms with Crippen molar-refractivity contribution >= 4 is 12.0 Å². The number of amides is 2. The van der Waals surface area contributed by atoms with Crippen LogP contribution in [-0.2, 0) is 4.79 Å². The SMILES string of the molecule is CC(C)C[C@H](NC(=O)N1CCCC[C@H]1C)C(=O)[O-]. The number of likely N-dealkylation sites (tertiary alicyclic amines) is 1. The summed E-state index contributed by atoms with van der Waals surface area (Å²) in [6.07, 6.45) is 3.49. The standard InChI is InChI=1S/C13H24N2O3/c1-9(2)8-11(12(16)17)14-13(18)15-7-5-4-6-10(15)3/h9-11H,4-8H2,1-3H3,(H,14,18)(H,16,17)/p-1/t10-,11+/m1/s1. The zero-order valence-corrected chi connectivity index (χ0v) is 11.4. The van der Waals surface area contributed by atoms with Crippen LogP contribution in [0.1, 0.15) is 46.5 Å². The normalized spacial score (nSPS) is 21.8. The minimum Gasteiger partial charge on any atom is -0.548 e. The monoisotopic (exact) mass is 255 g/mol. The number of urea groups is 1. The minimum atomic E-state index is -1.21. The highest BCUT2D eigenvalue weighted by Gasteiger charge is 2.25. The molecule has 2 amide bonds. The van der Waals surface area contributed by atoms with Gasteiger partial charge in [0.15, 0.2) is 0 Å². The van der Waals surface area contributed by atoms with Gasteiger partial charge in [0.1, 0.15) is 0 Å². The topological polar surface area (TPSA) is 72.5 Å². The predicted molar refractivity (Wildman–Crippen MR) is 66.8 cm³/mol. The van der Waals surface area contributed by atoms with Gasteiger partial charge >= 0.3 is 6.03 Å². The summed E-state index contributed by atoms with van der Waals surface area (Å²) in [7, 11) is 0. The summed E-state index contributed by atoms with van der Waals surface area (Å²) in [5.74, 6) is -1.01. The van der Waals surface area contributed by atoms with Crippen molar-refractivity contribution in [1.29, 1.82) is 0 Å². The van der Waals surface area contributed by atoms with Crippen molar-refractivity contribution in [3.8, 4) is 0 Å². The molecule has 0 aliphatic carbocycles. The highest BCUT2D eigenvalue weighted by molar-refractivity contribution is 5.81. The summed E-state index contributed by atoms with van der Waals surface area (Å²) in [5.41, 5.74) is 0. The van der Waals surface area contributed by atoms with Crippen molar-refractivity contribution in [2.45, 2.75) is 58.5 Å². The van der Waals surface area contributed by atoms with E-state index in [-0.39, 0.29) is 18.0 Å². The van der Waals surface area contributed by atoms with Gasteiger partial charge in [-0.1, -0.05) is 13.8 Å². The van der Waals surface area contributed by atoms with Crippen LogP contribution >= 0.6 is 0 Å². The molecule has 1 fully saturated rings. The van der Waals surface area contributed by atoms with Crippen LogP contribution in [0.3, 0.4) is 0 Å². The number of carboxylic acids is 1. The van der Waals surface area contributed by atoms with Gasteiger partial charge in [0.2, 0.25) is 0 Å². The number of hydrogen-bond donors (Lipinski definition) is 1. The quantitative estimate of drug-likeness (QED) is 0.805. The molecule has 1 aliphatic heterocycles. The van der Waals surface area contributed by atoms with Gasteiger partial charge in [-0.15, -0.1) is 0 Å². The number of nitrogens with zero attached hydrogens (tertiary/aromatic N) is 1. The molecule has 1 N–H and O–H groups in total. The number of hydrogen-bond acceptors (Lipinski definition) is 3. The fourth-order valence-corrected chi connectivity index (χ4v) is 2.32. The van der Waals surface area contributed by atoms with E-state index in [1.54, 1.807) is 4.90 Å². The van der Waals surface area contributed by atoms with Crippen LogP contribution in [0.2, 0.25) is 0 Å². The first-order valence-electron chi connectivity index (χ1n) is 6.69. The van der Waals surface area contributed by atoms with Gasteiger partial charge in [-0.3, -0.25) is 0 Å². The number of piperidine rings is 1. The second-order valence-electron chi connectivity index (χ2n) is 5.49. The van der Waals surface area contributed by atoms with Crippen molar-refractivity contribution in [2.75, 3.05) is 6.54 Å². The zero-order chi connectivity index (χ0) is 13.7. The highest BCUT2D eigenvalue weighted by atomic mass is 16.4. The molecule has 0 saturated carbocycles. The smallest absolute Gasteiger partial charge is 0.318 e. The molecule has 0 bridgehead atoms. The Morgan fingerprint density at radius 1 is 1.39 bits per heavy atom. The number of rotatable bonds is 4. The molecule has 5 nitrogen and oxygen atoms in total. The largest absolute Gasteiger partial charge is 0.548 e. The summed E-state index contributed by atoms with van der Waals surface area (Å²) in [6.45, 7) is 6.54. The van der Waals surface area contributed by atoms with E-state index in [0.717, 1.165) is 19.3 Å². The summed E-state index contributed by atoms with van der Waals surface area (Å²) in [6, 6.07) is -0.996. The van der Waals surface area contributed by atoms with Crippen molar-refractivity contribution in [1.82, 2.24) is 10.2 Å². The van der Waals surface area contributed by atoms with Gasteiger partial charge in [-0.25, -0.2) is 4.79 Å². The molecule has 18 heavy (non-hydrogen) atoms. The molecule has 0 aromatic rings. The average molecular weight is 255 g/mol. The van der Waals surface area contributed by atoms with Gasteiger partial charge < -0.3 is 20.1 Å². The second-order valence-corrected chi connectivity index (χ2v) is 5.49. The molecule has 0 aromatic heterocycles. The molecule has 104 valence electrons. The fourth-order valence-electron chi connectivity index (χ4n) is 2.32. The van der Waals surface area contributed by atoms with E-state index in [1.165, 1.54) is 0 Å². The van der Waals surface area contributed by atoms with Crippen LogP contribution in [0.15, 0.2) is 0 Å². The number of nitrogens with one attached hydrogen (secondary N) is 1. The maximum atomic E-state index is 12.0. The van der Waals surface area contributed by atoms with Crippen LogP contribution in [0.25, 0.3) is 0 Å². The maximum absolute atomic E-state index is 12.0. The van der Waals surface area contributed by atoms with Crippen molar-refractivity contribution in [3.63, 3.8) is 0 Å². The molecular formula is C13H23N2O3-. The lowest BCUT2D eigenvalue weighted by atomic mass is 10.0. The zero-order valence-electron chi connectivity index (χ0n) is 11.4. The van der Waals surface area contributed by atoms with E-state index in [1.807, 2.05) is 20.8 Å². The maximum Gasteiger partial charge on any atom is 0.318 e. The molecule has 1 saturated heterocycles. The van der Waals surface area contributed by atoms with Gasteiger partial charge in [-0.05, 0) is 38.5 Å². The number of carbonyl (C=O) groups is 2. The van der Waals surface area contributed by atoms with Crippen LogP contribution in [-0.4, -0.2) is 35.5 Å². The molecule has 0 aromatic carbocycles. The van der Waals surface area contributed by atoms with Crippen LogP contribution in [0.5, 0.6) is 0 Å². The number of carboxylic acid groups (broad SMARTS) is 1. The predicted octanol–water partition coefficient (Wildman–Crippen LogP) is 0.735. The summed E-state index contributed by atoms with van der Waals surface area (Å²) >= 11 is 0. The Labute approximate surface area is 109 Å². The van der Waals surface area contributed by atoms with Gasteiger partial charge in [0.25, 0.3) is 0 Å². The summed E-state index contributed by atoms with van der Waals surface area (Å²) in [4.78, 5) is 24.7. The van der Waals surface area contributed by atoms with E-state index in [9.17, 15) is 14.7 Å². The Balaban J connectivity index is 2.57. The summed E-state index contributed by atoms with van der Waals surface area (Å²) < 4.78 is 0. The third-order valence-electron chi connectivity index (χ3n) is 3.35. The Morgan fingerprint density at radius 3 is 2.56 bits per heavy atom. The second kappa shape index (κ2) is 6.61. The minimum absolute atomic E-state index is 0.181. The lowest BCUT2D eigenvalue weighted by Crippen LogP contribution is -2.55. The molecule has 1 aliphatic rings. The van der Waals surface area contributed by atoms with Crippen molar-refractivity contribution < 1.29 is 14.7 Å². The Hall–Kier alpha value is -1.26. The molecule has 2 atom stereocenters. The number of carbonyl (C=O) groups excluding carboxylic acids is 2. The lowest BCUT2D eigenvalue weighted by Gasteiger charge is -2.35. The Morgan fingerprint density at radius 2 is 2.06 bits per heavy atom. The summed E-state index contributed by atoms with van der Waals surface area (Å²) in [5, 5.41) is 13.6. The van der Waals surface area contributed by atoms with Crippen molar-refractivity contribution in [2.24, 2.45) is 5.92 Å². The van der Waals surface area contributed by atoms with Crippen LogP contribution in [0, 0.1) is 5.92 Å². The highest BCUT2D eigenvalue weighted by Crippen LogP contribution is 2.16. The molecule has 5 heteroatoms. The van der Waals surface area contributed by atoms with E-state index in [0.29, 0.717) is 13.0 Å². The third-order valence-corrected chi connectivity index (χ3v) is 3.35. The first-order valence-corrected chi connectivity index (χ1v) is 6.69. The fraction of sp³-hybridized carbons (Fsp3) is 0.846. The molecular weight excluding hydrogens is 232 g/mol. The molecule has 0 spiro atoms. The van der Waals surface area contributed by atoms with Gasteiger partial charge in [0, 0.05) is 12.6 Å². The van der Waals surface area contributed by atoms with E-state index in [4.69, 9.17) is 0 Å². The van der Waals surface area contributed by atoms with Crippen LogP contribution < -0.4 is 10.4 Å². The van der Waals surface area contributed by atoms with E-state index < -0.39 is 12.0 Å². The Kier molecular flexibility index (Phi) is 5.44. The van der Waals surface area contributed by atoms with Gasteiger partial charge in [0.05, 0.1) is 12.0 Å². The number of aliphatic carboxylic acids is 1. The Bertz CT molecular complexity index is 305. The average Bonchev–Trinajstić information content (AvgIpc) is 2.27. The molecule has 1 rings (SSSR count).